The topological polar surface area (TPSA) is 87.2 Å². The average Bonchev–Trinajstić information content (AvgIpc) is 2.74. The zero-order valence-electron chi connectivity index (χ0n) is 16.0. The smallest absolute Gasteiger partial charge is 0.313 e. The number of fused-ring (bicyclic) bond motifs is 1. The first-order valence-corrected chi connectivity index (χ1v) is 9.25. The van der Waals surface area contributed by atoms with Crippen LogP contribution in [-0.2, 0) is 16.1 Å². The zero-order chi connectivity index (χ0) is 19.9. The maximum atomic E-state index is 12.2. The lowest BCUT2D eigenvalue weighted by molar-refractivity contribution is -0.136. The van der Waals surface area contributed by atoms with Gasteiger partial charge in [-0.15, -0.1) is 0 Å². The summed E-state index contributed by atoms with van der Waals surface area (Å²) >= 11 is 0. The second-order valence-corrected chi connectivity index (χ2v) is 6.21. The Hall–Kier alpha value is -3.48. The number of carbonyl (C=O) groups excluding carboxylic acids is 2. The van der Waals surface area contributed by atoms with Crippen LogP contribution in [0.1, 0.15) is 19.4 Å². The van der Waals surface area contributed by atoms with E-state index in [2.05, 4.69) is 39.3 Å². The fraction of sp³-hybridized carbons (Fsp3) is 0.238. The van der Waals surface area contributed by atoms with Gasteiger partial charge in [-0.2, -0.15) is 0 Å². The molecular formula is C21H23N5O2. The van der Waals surface area contributed by atoms with Crippen LogP contribution in [0.3, 0.4) is 0 Å². The molecule has 3 rings (SSSR count). The van der Waals surface area contributed by atoms with Crippen LogP contribution in [0.4, 0.5) is 11.5 Å². The van der Waals surface area contributed by atoms with Crippen LogP contribution >= 0.6 is 0 Å². The normalized spacial score (nSPS) is 10.5. The maximum absolute atomic E-state index is 12.2. The minimum Gasteiger partial charge on any atom is -0.357 e. The molecule has 0 bridgehead atoms. The van der Waals surface area contributed by atoms with Gasteiger partial charge >= 0.3 is 11.8 Å². The molecule has 1 aromatic carbocycles. The van der Waals surface area contributed by atoms with Crippen molar-refractivity contribution in [3.05, 3.63) is 60.4 Å². The molecule has 2 aromatic heterocycles. The number of rotatable bonds is 6. The summed E-state index contributed by atoms with van der Waals surface area (Å²) in [5.41, 5.74) is 1.97. The molecule has 2 amide bonds. The van der Waals surface area contributed by atoms with Gasteiger partial charge in [0, 0.05) is 37.4 Å². The second-order valence-electron chi connectivity index (χ2n) is 6.21. The van der Waals surface area contributed by atoms with Crippen LogP contribution in [0.5, 0.6) is 0 Å². The molecule has 0 spiro atoms. The summed E-state index contributed by atoms with van der Waals surface area (Å²) in [6, 6.07) is 12.9. The Balaban J connectivity index is 1.59. The lowest BCUT2D eigenvalue weighted by Gasteiger charge is -2.19. The predicted octanol–water partition coefficient (Wildman–Crippen LogP) is 2.73. The van der Waals surface area contributed by atoms with Crippen molar-refractivity contribution in [2.45, 2.75) is 20.4 Å². The molecule has 0 unspecified atom stereocenters. The molecular weight excluding hydrogens is 354 g/mol. The summed E-state index contributed by atoms with van der Waals surface area (Å²) in [6.07, 6.45) is 3.35. The lowest BCUT2D eigenvalue weighted by atomic mass is 10.2. The Labute approximate surface area is 163 Å². The third-order valence-electron chi connectivity index (χ3n) is 4.44. The first kappa shape index (κ1) is 19.3. The molecule has 0 radical (unpaired) electrons. The van der Waals surface area contributed by atoms with Crippen LogP contribution in [0, 0.1) is 0 Å². The number of pyridine rings is 2. The number of para-hydroxylation sites is 1. The van der Waals surface area contributed by atoms with E-state index in [1.807, 2.05) is 30.3 Å². The number of benzene rings is 1. The number of aromatic nitrogens is 2. The Morgan fingerprint density at radius 1 is 0.964 bits per heavy atom. The first-order chi connectivity index (χ1) is 13.6. The Morgan fingerprint density at radius 3 is 2.46 bits per heavy atom. The van der Waals surface area contributed by atoms with E-state index in [1.54, 1.807) is 24.5 Å². The van der Waals surface area contributed by atoms with Crippen LogP contribution in [0.2, 0.25) is 0 Å². The third kappa shape index (κ3) is 4.43. The fourth-order valence-corrected chi connectivity index (χ4v) is 2.90. The minimum atomic E-state index is -0.731. The minimum absolute atomic E-state index is 0.228. The van der Waals surface area contributed by atoms with Gasteiger partial charge in [-0.05, 0) is 37.6 Å². The molecule has 2 heterocycles. The van der Waals surface area contributed by atoms with Crippen LogP contribution in [0.15, 0.2) is 54.9 Å². The highest BCUT2D eigenvalue weighted by atomic mass is 16.2. The molecule has 144 valence electrons. The summed E-state index contributed by atoms with van der Waals surface area (Å²) in [4.78, 5) is 35.2. The van der Waals surface area contributed by atoms with Gasteiger partial charge in [0.1, 0.15) is 5.82 Å². The first-order valence-electron chi connectivity index (χ1n) is 9.25. The summed E-state index contributed by atoms with van der Waals surface area (Å²) in [6.45, 7) is 6.13. The molecule has 3 aromatic rings. The molecule has 0 aliphatic rings. The van der Waals surface area contributed by atoms with Crippen molar-refractivity contribution in [1.82, 2.24) is 15.3 Å². The number of amides is 2. The summed E-state index contributed by atoms with van der Waals surface area (Å²) < 4.78 is 0. The molecule has 7 heteroatoms. The van der Waals surface area contributed by atoms with Gasteiger partial charge < -0.3 is 15.5 Å². The van der Waals surface area contributed by atoms with Crippen molar-refractivity contribution in [3.63, 3.8) is 0 Å². The van der Waals surface area contributed by atoms with E-state index in [4.69, 9.17) is 0 Å². The zero-order valence-corrected chi connectivity index (χ0v) is 16.0. The SMILES string of the molecule is CCN(CC)c1ccc(CNC(=O)C(=O)Nc2cccc3cccnc23)cn1. The molecule has 2 N–H and O–H groups in total. The highest BCUT2D eigenvalue weighted by Gasteiger charge is 2.15. The molecule has 0 aliphatic heterocycles. The molecule has 0 atom stereocenters. The van der Waals surface area contributed by atoms with Crippen LogP contribution in [-0.4, -0.2) is 34.9 Å². The van der Waals surface area contributed by atoms with Gasteiger partial charge in [0.25, 0.3) is 0 Å². The van der Waals surface area contributed by atoms with E-state index in [1.165, 1.54) is 0 Å². The van der Waals surface area contributed by atoms with Gasteiger partial charge in [-0.3, -0.25) is 14.6 Å². The molecule has 0 saturated carbocycles. The second kappa shape index (κ2) is 8.94. The van der Waals surface area contributed by atoms with E-state index in [0.717, 1.165) is 29.9 Å². The van der Waals surface area contributed by atoms with E-state index in [9.17, 15) is 9.59 Å². The summed E-state index contributed by atoms with van der Waals surface area (Å²) in [7, 11) is 0. The molecule has 0 saturated heterocycles. The van der Waals surface area contributed by atoms with E-state index in [-0.39, 0.29) is 6.54 Å². The van der Waals surface area contributed by atoms with Crippen molar-refractivity contribution in [1.29, 1.82) is 0 Å². The number of hydrogen-bond donors (Lipinski definition) is 2. The van der Waals surface area contributed by atoms with Crippen molar-refractivity contribution in [2.24, 2.45) is 0 Å². The summed E-state index contributed by atoms with van der Waals surface area (Å²) in [5.74, 6) is -0.548. The maximum Gasteiger partial charge on any atom is 0.313 e. The molecule has 0 fully saturated rings. The highest BCUT2D eigenvalue weighted by molar-refractivity contribution is 6.40. The summed E-state index contributed by atoms with van der Waals surface area (Å²) in [5, 5.41) is 6.13. The lowest BCUT2D eigenvalue weighted by Crippen LogP contribution is -2.35. The van der Waals surface area contributed by atoms with Gasteiger partial charge in [0.2, 0.25) is 0 Å². The van der Waals surface area contributed by atoms with Crippen molar-refractivity contribution in [3.8, 4) is 0 Å². The largest absolute Gasteiger partial charge is 0.357 e. The Bertz CT molecular complexity index is 963. The van der Waals surface area contributed by atoms with Crippen LogP contribution in [0.25, 0.3) is 10.9 Å². The van der Waals surface area contributed by atoms with Crippen molar-refractivity contribution in [2.75, 3.05) is 23.3 Å². The number of hydrogen-bond acceptors (Lipinski definition) is 5. The van der Waals surface area contributed by atoms with Crippen LogP contribution < -0.4 is 15.5 Å². The third-order valence-corrected chi connectivity index (χ3v) is 4.44. The average molecular weight is 377 g/mol. The fourth-order valence-electron chi connectivity index (χ4n) is 2.90. The van der Waals surface area contributed by atoms with E-state index >= 15 is 0 Å². The molecule has 28 heavy (non-hydrogen) atoms. The van der Waals surface area contributed by atoms with E-state index < -0.39 is 11.8 Å². The van der Waals surface area contributed by atoms with Crippen molar-refractivity contribution >= 4 is 34.2 Å². The molecule has 0 aliphatic carbocycles. The van der Waals surface area contributed by atoms with Gasteiger partial charge in [0.15, 0.2) is 0 Å². The number of nitrogens with zero attached hydrogens (tertiary/aromatic N) is 3. The van der Waals surface area contributed by atoms with Gasteiger partial charge in [-0.25, -0.2) is 4.98 Å². The Kier molecular flexibility index (Phi) is 6.16. The standard InChI is InChI=1S/C21H23N5O2/c1-3-26(4-2)18-11-10-15(13-23-18)14-24-20(27)21(28)25-17-9-5-7-16-8-6-12-22-19(16)17/h5-13H,3-4,14H2,1-2H3,(H,24,27)(H,25,28). The number of anilines is 2. The number of carbonyl (C=O) groups is 2. The quantitative estimate of drug-likeness (QED) is 0.645. The number of nitrogens with one attached hydrogen (secondary N) is 2. The predicted molar refractivity (Wildman–Crippen MR) is 110 cm³/mol. The highest BCUT2D eigenvalue weighted by Crippen LogP contribution is 2.20. The molecule has 7 nitrogen and oxygen atoms in total. The Morgan fingerprint density at radius 2 is 1.75 bits per heavy atom. The monoisotopic (exact) mass is 377 g/mol. The van der Waals surface area contributed by atoms with Crippen molar-refractivity contribution < 1.29 is 9.59 Å². The van der Waals surface area contributed by atoms with Gasteiger partial charge in [0.05, 0.1) is 11.2 Å². The van der Waals surface area contributed by atoms with E-state index in [0.29, 0.717) is 11.2 Å². The van der Waals surface area contributed by atoms with Gasteiger partial charge in [-0.1, -0.05) is 24.3 Å².